The van der Waals surface area contributed by atoms with Crippen LogP contribution in [0.3, 0.4) is 0 Å². The van der Waals surface area contributed by atoms with Gasteiger partial charge in [0.1, 0.15) is 5.01 Å². The molecule has 0 aliphatic carbocycles. The third-order valence-corrected chi connectivity index (χ3v) is 4.85. The Labute approximate surface area is 145 Å². The third kappa shape index (κ3) is 3.66. The lowest BCUT2D eigenvalue weighted by atomic mass is 10.1. The minimum Gasteiger partial charge on any atom is -0.345 e. The molecule has 1 N–H and O–H groups in total. The highest BCUT2D eigenvalue weighted by atomic mass is 32.1. The number of fused-ring (bicyclic) bond motifs is 1. The molecule has 6 heteroatoms. The van der Waals surface area contributed by atoms with Crippen LogP contribution >= 0.6 is 11.3 Å². The molecule has 0 saturated carbocycles. The van der Waals surface area contributed by atoms with Crippen molar-refractivity contribution in [1.82, 2.24) is 19.8 Å². The molecule has 0 unspecified atom stereocenters. The molecule has 0 aliphatic heterocycles. The first-order chi connectivity index (χ1) is 11.5. The summed E-state index contributed by atoms with van der Waals surface area (Å²) >= 11 is 1.57. The molecule has 1 aromatic carbocycles. The molecule has 0 atom stereocenters. The van der Waals surface area contributed by atoms with Crippen LogP contribution in [0.2, 0.25) is 0 Å². The number of hydrogen-bond donors (Lipinski definition) is 1. The molecule has 0 saturated heterocycles. The maximum Gasteiger partial charge on any atom is 0.253 e. The maximum atomic E-state index is 12.6. The molecule has 5 nitrogen and oxygen atoms in total. The number of amides is 1. The summed E-state index contributed by atoms with van der Waals surface area (Å²) in [5.41, 5.74) is 2.80. The Bertz CT molecular complexity index is 850. The van der Waals surface area contributed by atoms with Gasteiger partial charge in [-0.05, 0) is 27.1 Å². The molecule has 3 aromatic rings. The van der Waals surface area contributed by atoms with E-state index in [1.54, 1.807) is 11.3 Å². The molecule has 0 aliphatic rings. The van der Waals surface area contributed by atoms with E-state index in [1.807, 2.05) is 36.7 Å². The lowest BCUT2D eigenvalue weighted by molar-refractivity contribution is 0.0952. The van der Waals surface area contributed by atoms with Gasteiger partial charge in [-0.3, -0.25) is 4.79 Å². The minimum absolute atomic E-state index is 0.0531. The molecule has 126 valence electrons. The highest BCUT2D eigenvalue weighted by Crippen LogP contribution is 2.21. The predicted molar refractivity (Wildman–Crippen MR) is 98.5 cm³/mol. The molecule has 3 rings (SSSR count). The second kappa shape index (κ2) is 7.15. The Kier molecular flexibility index (Phi) is 4.97. The summed E-state index contributed by atoms with van der Waals surface area (Å²) in [5.74, 6) is -0.0531. The van der Waals surface area contributed by atoms with E-state index in [-0.39, 0.29) is 5.91 Å². The second-order valence-electron chi connectivity index (χ2n) is 6.12. The summed E-state index contributed by atoms with van der Waals surface area (Å²) < 4.78 is 2.15. The van der Waals surface area contributed by atoms with Gasteiger partial charge in [0, 0.05) is 41.3 Å². The van der Waals surface area contributed by atoms with Crippen molar-refractivity contribution in [2.75, 3.05) is 20.6 Å². The van der Waals surface area contributed by atoms with Gasteiger partial charge in [0.05, 0.1) is 12.1 Å². The van der Waals surface area contributed by atoms with Crippen molar-refractivity contribution >= 4 is 28.1 Å². The van der Waals surface area contributed by atoms with Crippen molar-refractivity contribution in [2.24, 2.45) is 0 Å². The number of aromatic nitrogens is 2. The summed E-state index contributed by atoms with van der Waals surface area (Å²) in [6, 6.07) is 8.05. The first kappa shape index (κ1) is 16.7. The summed E-state index contributed by atoms with van der Waals surface area (Å²) in [6.07, 6.45) is 1.95. The van der Waals surface area contributed by atoms with Gasteiger partial charge in [0.15, 0.2) is 0 Å². The normalized spacial score (nSPS) is 11.3. The number of likely N-dealkylation sites (N-methyl/N-ethyl adjacent to an activating group) is 1. The number of hydrogen-bond acceptors (Lipinski definition) is 4. The summed E-state index contributed by atoms with van der Waals surface area (Å²) in [5, 5.41) is 6.90. The van der Waals surface area contributed by atoms with Gasteiger partial charge in [0.25, 0.3) is 5.91 Å². The lowest BCUT2D eigenvalue weighted by Gasteiger charge is -2.10. The Balaban J connectivity index is 1.81. The number of benzene rings is 1. The number of thiazole rings is 1. The fourth-order valence-corrected chi connectivity index (χ4v) is 3.37. The zero-order valence-corrected chi connectivity index (χ0v) is 15.1. The van der Waals surface area contributed by atoms with Gasteiger partial charge < -0.3 is 14.8 Å². The molecule has 0 bridgehead atoms. The van der Waals surface area contributed by atoms with E-state index in [0.29, 0.717) is 6.54 Å². The Morgan fingerprint density at radius 3 is 2.83 bits per heavy atom. The molecule has 0 radical (unpaired) electrons. The highest BCUT2D eigenvalue weighted by molar-refractivity contribution is 7.09. The molecular weight excluding hydrogens is 320 g/mol. The van der Waals surface area contributed by atoms with E-state index in [9.17, 15) is 4.79 Å². The van der Waals surface area contributed by atoms with Gasteiger partial charge in [-0.2, -0.15) is 0 Å². The zero-order chi connectivity index (χ0) is 17.1. The standard InChI is InChI=1S/C18H22N4OS/c1-13-12-24-17(20-13)10-19-18(23)15-11-22(9-8-21(2)3)16-7-5-4-6-14(15)16/h4-7,11-12H,8-10H2,1-3H3,(H,19,23). The predicted octanol–water partition coefficient (Wildman–Crippen LogP) is 2.90. The van der Waals surface area contributed by atoms with E-state index < -0.39 is 0 Å². The van der Waals surface area contributed by atoms with E-state index in [1.165, 1.54) is 0 Å². The number of aryl methyl sites for hydroxylation is 1. The van der Waals surface area contributed by atoms with Crippen molar-refractivity contribution in [2.45, 2.75) is 20.0 Å². The quantitative estimate of drug-likeness (QED) is 0.749. The topological polar surface area (TPSA) is 50.2 Å². The van der Waals surface area contributed by atoms with Gasteiger partial charge in [-0.25, -0.2) is 4.98 Å². The number of carbonyl (C=O) groups is 1. The molecule has 0 spiro atoms. The van der Waals surface area contributed by atoms with Crippen molar-refractivity contribution in [3.8, 4) is 0 Å². The van der Waals surface area contributed by atoms with Gasteiger partial charge in [0.2, 0.25) is 0 Å². The first-order valence-corrected chi connectivity index (χ1v) is 8.84. The Morgan fingerprint density at radius 1 is 1.33 bits per heavy atom. The first-order valence-electron chi connectivity index (χ1n) is 7.96. The smallest absolute Gasteiger partial charge is 0.253 e. The lowest BCUT2D eigenvalue weighted by Crippen LogP contribution is -2.22. The van der Waals surface area contributed by atoms with Crippen LogP contribution in [0.5, 0.6) is 0 Å². The van der Waals surface area contributed by atoms with Crippen LogP contribution in [0.1, 0.15) is 21.1 Å². The monoisotopic (exact) mass is 342 g/mol. The molecule has 1 amide bonds. The molecule has 2 heterocycles. The fraction of sp³-hybridized carbons (Fsp3) is 0.333. The van der Waals surface area contributed by atoms with Crippen LogP contribution in [0.25, 0.3) is 10.9 Å². The van der Waals surface area contributed by atoms with Crippen LogP contribution < -0.4 is 5.32 Å². The zero-order valence-electron chi connectivity index (χ0n) is 14.2. The largest absolute Gasteiger partial charge is 0.345 e. The van der Waals surface area contributed by atoms with Crippen LogP contribution in [0.4, 0.5) is 0 Å². The molecular formula is C18H22N4OS. The van der Waals surface area contributed by atoms with Crippen LogP contribution in [-0.4, -0.2) is 41.0 Å². The summed E-state index contributed by atoms with van der Waals surface area (Å²) in [7, 11) is 4.10. The average molecular weight is 342 g/mol. The van der Waals surface area contributed by atoms with Crippen LogP contribution in [0, 0.1) is 6.92 Å². The van der Waals surface area contributed by atoms with Gasteiger partial charge in [-0.15, -0.1) is 11.3 Å². The molecule has 0 fully saturated rings. The fourth-order valence-electron chi connectivity index (χ4n) is 2.66. The highest BCUT2D eigenvalue weighted by Gasteiger charge is 2.15. The molecule has 24 heavy (non-hydrogen) atoms. The van der Waals surface area contributed by atoms with Gasteiger partial charge in [-0.1, -0.05) is 18.2 Å². The van der Waals surface area contributed by atoms with Gasteiger partial charge >= 0.3 is 0 Å². The van der Waals surface area contributed by atoms with Crippen LogP contribution in [0.15, 0.2) is 35.8 Å². The van der Waals surface area contributed by atoms with Crippen molar-refractivity contribution in [3.63, 3.8) is 0 Å². The Hall–Kier alpha value is -2.18. The average Bonchev–Trinajstić information content (AvgIpc) is 3.14. The SMILES string of the molecule is Cc1csc(CNC(=O)c2cn(CCN(C)C)c3ccccc23)n1. The van der Waals surface area contributed by atoms with Crippen molar-refractivity contribution < 1.29 is 4.79 Å². The van der Waals surface area contributed by atoms with E-state index in [4.69, 9.17) is 0 Å². The number of nitrogens with zero attached hydrogens (tertiary/aromatic N) is 3. The van der Waals surface area contributed by atoms with E-state index >= 15 is 0 Å². The van der Waals surface area contributed by atoms with Crippen LogP contribution in [-0.2, 0) is 13.1 Å². The minimum atomic E-state index is -0.0531. The Morgan fingerprint density at radius 2 is 2.12 bits per heavy atom. The van der Waals surface area contributed by atoms with E-state index in [2.05, 4.69) is 39.9 Å². The number of nitrogens with one attached hydrogen (secondary N) is 1. The second-order valence-corrected chi connectivity index (χ2v) is 7.06. The number of carbonyl (C=O) groups excluding carboxylic acids is 1. The summed E-state index contributed by atoms with van der Waals surface area (Å²) in [6.45, 7) is 4.21. The van der Waals surface area contributed by atoms with E-state index in [0.717, 1.165) is 40.3 Å². The molecule has 2 aromatic heterocycles. The van der Waals surface area contributed by atoms with Crippen molar-refractivity contribution in [1.29, 1.82) is 0 Å². The number of para-hydroxylation sites is 1. The third-order valence-electron chi connectivity index (χ3n) is 3.89. The number of rotatable bonds is 6. The maximum absolute atomic E-state index is 12.6. The summed E-state index contributed by atoms with van der Waals surface area (Å²) in [4.78, 5) is 19.2. The van der Waals surface area contributed by atoms with Crippen molar-refractivity contribution in [3.05, 3.63) is 52.1 Å².